The SMILES string of the molecule is CCCNc1cc(Nc2ccc(C#N)cc2Cl)ncn1. The summed E-state index contributed by atoms with van der Waals surface area (Å²) in [6.45, 7) is 2.94. The fraction of sp³-hybridized carbons (Fsp3) is 0.214. The molecule has 0 radical (unpaired) electrons. The van der Waals surface area contributed by atoms with E-state index in [9.17, 15) is 0 Å². The van der Waals surface area contributed by atoms with E-state index in [0.717, 1.165) is 18.8 Å². The molecule has 0 atom stereocenters. The molecule has 0 unspecified atom stereocenters. The summed E-state index contributed by atoms with van der Waals surface area (Å²) < 4.78 is 0. The molecule has 1 heterocycles. The van der Waals surface area contributed by atoms with Crippen LogP contribution < -0.4 is 10.6 Å². The highest BCUT2D eigenvalue weighted by Crippen LogP contribution is 2.26. The largest absolute Gasteiger partial charge is 0.370 e. The van der Waals surface area contributed by atoms with E-state index in [1.807, 2.05) is 12.1 Å². The summed E-state index contributed by atoms with van der Waals surface area (Å²) in [6.07, 6.45) is 2.51. The Bertz CT molecular complexity index is 636. The van der Waals surface area contributed by atoms with Gasteiger partial charge in [0.2, 0.25) is 0 Å². The maximum atomic E-state index is 8.80. The molecule has 2 rings (SSSR count). The van der Waals surface area contributed by atoms with E-state index in [4.69, 9.17) is 16.9 Å². The number of rotatable bonds is 5. The molecule has 1 aromatic carbocycles. The van der Waals surface area contributed by atoms with Crippen LogP contribution in [0.15, 0.2) is 30.6 Å². The van der Waals surface area contributed by atoms with Crippen LogP contribution in [0.2, 0.25) is 5.02 Å². The Morgan fingerprint density at radius 3 is 2.75 bits per heavy atom. The van der Waals surface area contributed by atoms with Gasteiger partial charge in [-0.2, -0.15) is 5.26 Å². The highest BCUT2D eigenvalue weighted by Gasteiger charge is 2.04. The average Bonchev–Trinajstić information content (AvgIpc) is 2.47. The van der Waals surface area contributed by atoms with Gasteiger partial charge in [-0.25, -0.2) is 9.97 Å². The average molecular weight is 288 g/mol. The predicted octanol–water partition coefficient (Wildman–Crippen LogP) is 3.57. The van der Waals surface area contributed by atoms with Gasteiger partial charge in [-0.05, 0) is 24.6 Å². The van der Waals surface area contributed by atoms with Crippen LogP contribution >= 0.6 is 11.6 Å². The van der Waals surface area contributed by atoms with E-state index in [0.29, 0.717) is 22.1 Å². The smallest absolute Gasteiger partial charge is 0.135 e. The summed E-state index contributed by atoms with van der Waals surface area (Å²) >= 11 is 6.11. The molecule has 1 aromatic heterocycles. The molecule has 0 bridgehead atoms. The van der Waals surface area contributed by atoms with Gasteiger partial charge < -0.3 is 10.6 Å². The zero-order valence-electron chi connectivity index (χ0n) is 11.0. The van der Waals surface area contributed by atoms with E-state index >= 15 is 0 Å². The molecule has 102 valence electrons. The predicted molar refractivity (Wildman–Crippen MR) is 80.3 cm³/mol. The van der Waals surface area contributed by atoms with Crippen molar-refractivity contribution in [3.63, 3.8) is 0 Å². The van der Waals surface area contributed by atoms with Crippen molar-refractivity contribution in [3.05, 3.63) is 41.2 Å². The van der Waals surface area contributed by atoms with E-state index in [-0.39, 0.29) is 0 Å². The van der Waals surface area contributed by atoms with Crippen molar-refractivity contribution < 1.29 is 0 Å². The van der Waals surface area contributed by atoms with Crippen molar-refractivity contribution >= 4 is 28.9 Å². The number of hydrogen-bond acceptors (Lipinski definition) is 5. The van der Waals surface area contributed by atoms with Crippen molar-refractivity contribution in [2.24, 2.45) is 0 Å². The fourth-order valence-corrected chi connectivity index (χ4v) is 1.83. The summed E-state index contributed by atoms with van der Waals surface area (Å²) in [5.74, 6) is 1.40. The summed E-state index contributed by atoms with van der Waals surface area (Å²) in [5.41, 5.74) is 1.22. The quantitative estimate of drug-likeness (QED) is 0.879. The monoisotopic (exact) mass is 287 g/mol. The van der Waals surface area contributed by atoms with Crippen LogP contribution in [0, 0.1) is 11.3 Å². The van der Waals surface area contributed by atoms with Gasteiger partial charge in [0.05, 0.1) is 22.3 Å². The summed E-state index contributed by atoms with van der Waals surface area (Å²) in [4.78, 5) is 8.27. The summed E-state index contributed by atoms with van der Waals surface area (Å²) in [5, 5.41) is 15.6. The molecular weight excluding hydrogens is 274 g/mol. The lowest BCUT2D eigenvalue weighted by atomic mass is 10.2. The second-order valence-corrected chi connectivity index (χ2v) is 4.55. The second-order valence-electron chi connectivity index (χ2n) is 4.15. The van der Waals surface area contributed by atoms with E-state index in [1.165, 1.54) is 6.33 Å². The van der Waals surface area contributed by atoms with Crippen LogP contribution in [0.25, 0.3) is 0 Å². The van der Waals surface area contributed by atoms with Crippen molar-refractivity contribution in [3.8, 4) is 6.07 Å². The number of nitrogens with one attached hydrogen (secondary N) is 2. The van der Waals surface area contributed by atoms with Crippen LogP contribution in [0.5, 0.6) is 0 Å². The minimum absolute atomic E-state index is 0.478. The highest BCUT2D eigenvalue weighted by atomic mass is 35.5. The molecule has 2 N–H and O–H groups in total. The van der Waals surface area contributed by atoms with Crippen LogP contribution in [0.3, 0.4) is 0 Å². The van der Waals surface area contributed by atoms with Gasteiger partial charge in [0, 0.05) is 12.6 Å². The molecule has 0 saturated heterocycles. The first-order valence-corrected chi connectivity index (χ1v) is 6.63. The molecule has 0 fully saturated rings. The molecule has 0 saturated carbocycles. The van der Waals surface area contributed by atoms with Gasteiger partial charge in [-0.3, -0.25) is 0 Å². The zero-order chi connectivity index (χ0) is 14.4. The number of nitriles is 1. The van der Waals surface area contributed by atoms with Crippen LogP contribution in [0.1, 0.15) is 18.9 Å². The lowest BCUT2D eigenvalue weighted by Crippen LogP contribution is -2.03. The van der Waals surface area contributed by atoms with E-state index < -0.39 is 0 Å². The van der Waals surface area contributed by atoms with Crippen molar-refractivity contribution in [1.29, 1.82) is 5.26 Å². The molecule has 0 aliphatic heterocycles. The van der Waals surface area contributed by atoms with Crippen LogP contribution in [0.4, 0.5) is 17.3 Å². The normalized spacial score (nSPS) is 9.85. The van der Waals surface area contributed by atoms with Gasteiger partial charge in [-0.1, -0.05) is 18.5 Å². The van der Waals surface area contributed by atoms with Gasteiger partial charge in [-0.15, -0.1) is 0 Å². The Morgan fingerprint density at radius 1 is 1.25 bits per heavy atom. The Kier molecular flexibility index (Phi) is 4.75. The Labute approximate surface area is 122 Å². The van der Waals surface area contributed by atoms with Crippen molar-refractivity contribution in [1.82, 2.24) is 9.97 Å². The number of hydrogen-bond donors (Lipinski definition) is 2. The molecule has 0 aliphatic rings. The number of halogens is 1. The van der Waals surface area contributed by atoms with Crippen LogP contribution in [-0.4, -0.2) is 16.5 Å². The Balaban J connectivity index is 2.15. The zero-order valence-corrected chi connectivity index (χ0v) is 11.8. The molecule has 0 aliphatic carbocycles. The summed E-state index contributed by atoms with van der Waals surface area (Å²) in [7, 11) is 0. The molecule has 5 nitrogen and oxygen atoms in total. The summed E-state index contributed by atoms with van der Waals surface area (Å²) in [6, 6.07) is 8.92. The van der Waals surface area contributed by atoms with Gasteiger partial charge in [0.15, 0.2) is 0 Å². The van der Waals surface area contributed by atoms with Crippen LogP contribution in [-0.2, 0) is 0 Å². The number of nitrogens with zero attached hydrogens (tertiary/aromatic N) is 3. The molecule has 20 heavy (non-hydrogen) atoms. The number of anilines is 3. The first-order valence-electron chi connectivity index (χ1n) is 6.25. The minimum atomic E-state index is 0.478. The second kappa shape index (κ2) is 6.73. The standard InChI is InChI=1S/C14H14ClN5/c1-2-5-17-13-7-14(19-9-18-13)20-12-4-3-10(8-16)6-11(12)15/h3-4,6-7,9H,2,5H2,1H3,(H2,17,18,19,20). The third-order valence-electron chi connectivity index (χ3n) is 2.58. The highest BCUT2D eigenvalue weighted by molar-refractivity contribution is 6.33. The maximum absolute atomic E-state index is 8.80. The molecular formula is C14H14ClN5. The lowest BCUT2D eigenvalue weighted by molar-refractivity contribution is 0.965. The minimum Gasteiger partial charge on any atom is -0.370 e. The third-order valence-corrected chi connectivity index (χ3v) is 2.90. The van der Waals surface area contributed by atoms with Gasteiger partial charge in [0.25, 0.3) is 0 Å². The number of benzene rings is 1. The topological polar surface area (TPSA) is 73.6 Å². The van der Waals surface area contributed by atoms with E-state index in [1.54, 1.807) is 18.2 Å². The van der Waals surface area contributed by atoms with Gasteiger partial charge >= 0.3 is 0 Å². The molecule has 2 aromatic rings. The van der Waals surface area contributed by atoms with E-state index in [2.05, 4.69) is 27.5 Å². The maximum Gasteiger partial charge on any atom is 0.135 e. The number of aromatic nitrogens is 2. The third kappa shape index (κ3) is 3.59. The Hall–Kier alpha value is -2.32. The first-order chi connectivity index (χ1) is 9.72. The molecule has 6 heteroatoms. The van der Waals surface area contributed by atoms with Crippen molar-refractivity contribution in [2.75, 3.05) is 17.2 Å². The molecule has 0 amide bonds. The first kappa shape index (κ1) is 14.1. The Morgan fingerprint density at radius 2 is 2.05 bits per heavy atom. The fourth-order valence-electron chi connectivity index (χ4n) is 1.60. The van der Waals surface area contributed by atoms with Gasteiger partial charge in [0.1, 0.15) is 18.0 Å². The molecule has 0 spiro atoms. The van der Waals surface area contributed by atoms with Crippen molar-refractivity contribution in [2.45, 2.75) is 13.3 Å². The lowest BCUT2D eigenvalue weighted by Gasteiger charge is -2.09.